The second kappa shape index (κ2) is 9.88. The van der Waals surface area contributed by atoms with E-state index in [0.717, 1.165) is 18.4 Å². The summed E-state index contributed by atoms with van der Waals surface area (Å²) < 4.78 is 0. The summed E-state index contributed by atoms with van der Waals surface area (Å²) in [6.45, 7) is 2.13. The third-order valence-electron chi connectivity index (χ3n) is 4.38. The van der Waals surface area contributed by atoms with E-state index in [1.807, 2.05) is 6.92 Å². The zero-order valence-corrected chi connectivity index (χ0v) is 15.9. The number of benzene rings is 1. The molecule has 138 valence electrons. The van der Waals surface area contributed by atoms with Crippen LogP contribution in [0, 0.1) is 0 Å². The first-order valence-corrected chi connectivity index (χ1v) is 9.50. The van der Waals surface area contributed by atoms with Gasteiger partial charge in [-0.3, -0.25) is 4.79 Å². The van der Waals surface area contributed by atoms with Crippen molar-refractivity contribution in [1.29, 1.82) is 0 Å². The fraction of sp³-hybridized carbons (Fsp3) is 0.556. The van der Waals surface area contributed by atoms with E-state index >= 15 is 0 Å². The standard InChI is InChI=1S/C18H25Cl2N3O2/c1-12(15-8-7-13(19)11-16(15)20)22-18(25)21-10-9-17(24)23-14-5-3-2-4-6-14/h7-8,11-12,14H,2-6,9-10H2,1H3,(H,23,24)(H2,21,22,25). The maximum atomic E-state index is 12.0. The summed E-state index contributed by atoms with van der Waals surface area (Å²) in [5, 5.41) is 9.59. The molecule has 7 heteroatoms. The molecule has 0 aromatic heterocycles. The number of carbonyl (C=O) groups excluding carboxylic acids is 2. The van der Waals surface area contributed by atoms with Crippen LogP contribution in [0.3, 0.4) is 0 Å². The molecule has 1 unspecified atom stereocenters. The molecule has 0 saturated heterocycles. The first kappa shape index (κ1) is 19.9. The smallest absolute Gasteiger partial charge is 0.315 e. The zero-order chi connectivity index (χ0) is 18.2. The monoisotopic (exact) mass is 385 g/mol. The van der Waals surface area contributed by atoms with Crippen molar-refractivity contribution in [1.82, 2.24) is 16.0 Å². The Morgan fingerprint density at radius 3 is 2.60 bits per heavy atom. The lowest BCUT2D eigenvalue weighted by molar-refractivity contribution is -0.121. The lowest BCUT2D eigenvalue weighted by Gasteiger charge is -2.22. The summed E-state index contributed by atoms with van der Waals surface area (Å²) in [4.78, 5) is 23.9. The first-order valence-electron chi connectivity index (χ1n) is 8.74. The largest absolute Gasteiger partial charge is 0.353 e. The number of rotatable bonds is 6. The van der Waals surface area contributed by atoms with Crippen molar-refractivity contribution in [3.8, 4) is 0 Å². The molecule has 0 heterocycles. The number of urea groups is 1. The van der Waals surface area contributed by atoms with Gasteiger partial charge in [0.2, 0.25) is 5.91 Å². The van der Waals surface area contributed by atoms with Gasteiger partial charge in [-0.15, -0.1) is 0 Å². The van der Waals surface area contributed by atoms with Gasteiger partial charge in [-0.05, 0) is 37.5 Å². The number of hydrogen-bond acceptors (Lipinski definition) is 2. The van der Waals surface area contributed by atoms with E-state index < -0.39 is 0 Å². The highest BCUT2D eigenvalue weighted by Crippen LogP contribution is 2.25. The molecule has 1 aromatic carbocycles. The summed E-state index contributed by atoms with van der Waals surface area (Å²) in [6, 6.07) is 4.86. The molecule has 5 nitrogen and oxygen atoms in total. The van der Waals surface area contributed by atoms with Gasteiger partial charge in [-0.1, -0.05) is 48.5 Å². The third kappa shape index (κ3) is 6.75. The van der Waals surface area contributed by atoms with E-state index in [2.05, 4.69) is 16.0 Å². The van der Waals surface area contributed by atoms with Crippen LogP contribution >= 0.6 is 23.2 Å². The van der Waals surface area contributed by atoms with Crippen LogP contribution in [-0.2, 0) is 4.79 Å². The van der Waals surface area contributed by atoms with Gasteiger partial charge in [0.25, 0.3) is 0 Å². The van der Waals surface area contributed by atoms with Crippen molar-refractivity contribution < 1.29 is 9.59 Å². The average molecular weight is 386 g/mol. The summed E-state index contributed by atoms with van der Waals surface area (Å²) in [5.74, 6) is -0.0130. The van der Waals surface area contributed by atoms with Gasteiger partial charge in [-0.25, -0.2) is 4.79 Å². The molecular formula is C18H25Cl2N3O2. The Bertz CT molecular complexity index is 604. The van der Waals surface area contributed by atoms with E-state index in [4.69, 9.17) is 23.2 Å². The molecule has 0 spiro atoms. The molecule has 2 rings (SSSR count). The highest BCUT2D eigenvalue weighted by Gasteiger charge is 2.16. The molecule has 1 saturated carbocycles. The van der Waals surface area contributed by atoms with Crippen LogP contribution in [0.25, 0.3) is 0 Å². The molecule has 0 bridgehead atoms. The summed E-state index contributed by atoms with van der Waals surface area (Å²) in [5.41, 5.74) is 0.788. The highest BCUT2D eigenvalue weighted by molar-refractivity contribution is 6.35. The van der Waals surface area contributed by atoms with Crippen molar-refractivity contribution in [2.24, 2.45) is 0 Å². The van der Waals surface area contributed by atoms with Crippen molar-refractivity contribution in [2.75, 3.05) is 6.54 Å². The Hall–Kier alpha value is -1.46. The van der Waals surface area contributed by atoms with Gasteiger partial charge < -0.3 is 16.0 Å². The van der Waals surface area contributed by atoms with Crippen molar-refractivity contribution in [3.05, 3.63) is 33.8 Å². The van der Waals surface area contributed by atoms with Gasteiger partial charge in [0.15, 0.2) is 0 Å². The number of hydrogen-bond donors (Lipinski definition) is 3. The minimum Gasteiger partial charge on any atom is -0.353 e. The normalized spacial score (nSPS) is 16.1. The Labute approximate surface area is 158 Å². The SMILES string of the molecule is CC(NC(=O)NCCC(=O)NC1CCCCC1)c1ccc(Cl)cc1Cl. The van der Waals surface area contributed by atoms with Crippen LogP contribution in [0.1, 0.15) is 57.1 Å². The van der Waals surface area contributed by atoms with E-state index in [0.29, 0.717) is 22.6 Å². The molecule has 1 aliphatic carbocycles. The summed E-state index contributed by atoms with van der Waals surface area (Å²) in [7, 11) is 0. The Kier molecular flexibility index (Phi) is 7.85. The van der Waals surface area contributed by atoms with Gasteiger partial charge in [0.1, 0.15) is 0 Å². The fourth-order valence-electron chi connectivity index (χ4n) is 3.01. The molecule has 0 radical (unpaired) electrons. The molecule has 1 atom stereocenters. The lowest BCUT2D eigenvalue weighted by atomic mass is 9.95. The van der Waals surface area contributed by atoms with Gasteiger partial charge in [0, 0.05) is 29.1 Å². The van der Waals surface area contributed by atoms with Crippen LogP contribution in [-0.4, -0.2) is 24.5 Å². The van der Waals surface area contributed by atoms with Crippen LogP contribution in [0.15, 0.2) is 18.2 Å². The molecule has 1 aromatic rings. The second-order valence-corrected chi connectivity index (χ2v) is 7.28. The number of carbonyl (C=O) groups is 2. The van der Waals surface area contributed by atoms with Gasteiger partial charge >= 0.3 is 6.03 Å². The number of nitrogens with one attached hydrogen (secondary N) is 3. The quantitative estimate of drug-likeness (QED) is 0.686. The van der Waals surface area contributed by atoms with Crippen LogP contribution in [0.4, 0.5) is 4.79 Å². The van der Waals surface area contributed by atoms with Crippen LogP contribution in [0.5, 0.6) is 0 Å². The molecule has 25 heavy (non-hydrogen) atoms. The Balaban J connectivity index is 1.68. The van der Waals surface area contributed by atoms with E-state index in [1.54, 1.807) is 18.2 Å². The summed E-state index contributed by atoms with van der Waals surface area (Å²) in [6.07, 6.45) is 6.00. The van der Waals surface area contributed by atoms with E-state index in [9.17, 15) is 9.59 Å². The van der Waals surface area contributed by atoms with Crippen molar-refractivity contribution >= 4 is 35.1 Å². The van der Waals surface area contributed by atoms with E-state index in [-0.39, 0.29) is 24.4 Å². The van der Waals surface area contributed by atoms with E-state index in [1.165, 1.54) is 19.3 Å². The maximum Gasteiger partial charge on any atom is 0.315 e. The van der Waals surface area contributed by atoms with Gasteiger partial charge in [-0.2, -0.15) is 0 Å². The van der Waals surface area contributed by atoms with Crippen LogP contribution in [0.2, 0.25) is 10.0 Å². The minimum absolute atomic E-state index is 0.0130. The maximum absolute atomic E-state index is 12.0. The predicted octanol–water partition coefficient (Wildman–Crippen LogP) is 4.19. The highest BCUT2D eigenvalue weighted by atomic mass is 35.5. The van der Waals surface area contributed by atoms with Crippen LogP contribution < -0.4 is 16.0 Å². The van der Waals surface area contributed by atoms with Crippen molar-refractivity contribution in [2.45, 2.75) is 57.5 Å². The predicted molar refractivity (Wildman–Crippen MR) is 101 cm³/mol. The Morgan fingerprint density at radius 2 is 1.92 bits per heavy atom. The number of amides is 3. The number of halogens is 2. The first-order chi connectivity index (χ1) is 12.0. The Morgan fingerprint density at radius 1 is 1.20 bits per heavy atom. The molecule has 1 aliphatic rings. The second-order valence-electron chi connectivity index (χ2n) is 6.44. The topological polar surface area (TPSA) is 70.2 Å². The third-order valence-corrected chi connectivity index (χ3v) is 4.95. The zero-order valence-electron chi connectivity index (χ0n) is 14.4. The molecule has 1 fully saturated rings. The molecule has 3 N–H and O–H groups in total. The van der Waals surface area contributed by atoms with Gasteiger partial charge in [0.05, 0.1) is 6.04 Å². The molecule has 3 amide bonds. The summed E-state index contributed by atoms with van der Waals surface area (Å²) >= 11 is 12.0. The lowest BCUT2D eigenvalue weighted by Crippen LogP contribution is -2.41. The average Bonchev–Trinajstić information content (AvgIpc) is 2.55. The molecule has 0 aliphatic heterocycles. The van der Waals surface area contributed by atoms with Crippen molar-refractivity contribution in [3.63, 3.8) is 0 Å². The fourth-order valence-corrected chi connectivity index (χ4v) is 3.59. The molecular weight excluding hydrogens is 361 g/mol. The minimum atomic E-state index is -0.330.